The molecule has 0 N–H and O–H groups in total. The summed E-state index contributed by atoms with van der Waals surface area (Å²) >= 11 is 0. The number of rotatable bonds is 7. The average Bonchev–Trinajstić information content (AvgIpc) is 3.11. The Morgan fingerprint density at radius 2 is 1.77 bits per heavy atom. The van der Waals surface area contributed by atoms with Crippen LogP contribution in [0.15, 0.2) is 43.0 Å². The van der Waals surface area contributed by atoms with Crippen LogP contribution in [0, 0.1) is 0 Å². The Labute approximate surface area is 153 Å². The quantitative estimate of drug-likeness (QED) is 0.651. The predicted octanol–water partition coefficient (Wildman–Crippen LogP) is 2.96. The molecular formula is C19H24N6O. The van der Waals surface area contributed by atoms with Gasteiger partial charge >= 0.3 is 0 Å². The van der Waals surface area contributed by atoms with E-state index in [4.69, 9.17) is 4.74 Å². The molecule has 3 rings (SSSR count). The molecule has 7 nitrogen and oxygen atoms in total. The Morgan fingerprint density at radius 1 is 1.08 bits per heavy atom. The third-order valence-corrected chi connectivity index (χ3v) is 4.12. The number of hydrogen-bond acceptors (Lipinski definition) is 6. The van der Waals surface area contributed by atoms with Crippen molar-refractivity contribution < 1.29 is 4.74 Å². The van der Waals surface area contributed by atoms with Crippen LogP contribution in [0.5, 0.6) is 5.75 Å². The Bertz CT molecular complexity index is 826. The van der Waals surface area contributed by atoms with Gasteiger partial charge in [-0.15, -0.1) is 10.2 Å². The van der Waals surface area contributed by atoms with Gasteiger partial charge in [0.25, 0.3) is 0 Å². The molecule has 0 saturated heterocycles. The maximum Gasteiger partial charge on any atom is 0.159 e. The molecule has 0 saturated carbocycles. The van der Waals surface area contributed by atoms with E-state index in [0.717, 1.165) is 35.8 Å². The fraction of sp³-hybridized carbons (Fsp3) is 0.368. The zero-order valence-corrected chi connectivity index (χ0v) is 15.6. The Kier molecular flexibility index (Phi) is 5.58. The first-order chi connectivity index (χ1) is 12.6. The van der Waals surface area contributed by atoms with E-state index in [1.54, 1.807) is 13.4 Å². The highest BCUT2D eigenvalue weighted by Crippen LogP contribution is 2.19. The van der Waals surface area contributed by atoms with Crippen LogP contribution in [0.2, 0.25) is 0 Å². The van der Waals surface area contributed by atoms with E-state index >= 15 is 0 Å². The summed E-state index contributed by atoms with van der Waals surface area (Å²) in [6, 6.07) is 8.08. The highest BCUT2D eigenvalue weighted by molar-refractivity contribution is 5.55. The molecular weight excluding hydrogens is 328 g/mol. The molecule has 2 heterocycles. The van der Waals surface area contributed by atoms with E-state index in [2.05, 4.69) is 50.5 Å². The molecule has 3 aromatic rings. The molecule has 0 spiro atoms. The van der Waals surface area contributed by atoms with E-state index in [1.165, 1.54) is 0 Å². The summed E-state index contributed by atoms with van der Waals surface area (Å²) in [6.45, 7) is 5.71. The summed E-state index contributed by atoms with van der Waals surface area (Å²) in [5.41, 5.74) is 2.02. The molecule has 136 valence electrons. The number of hydrogen-bond donors (Lipinski definition) is 0. The van der Waals surface area contributed by atoms with Crippen molar-refractivity contribution in [2.45, 2.75) is 33.0 Å². The molecule has 0 amide bonds. The van der Waals surface area contributed by atoms with Crippen LogP contribution < -0.4 is 4.74 Å². The second kappa shape index (κ2) is 8.05. The van der Waals surface area contributed by atoms with Crippen molar-refractivity contribution in [3.05, 3.63) is 54.4 Å². The van der Waals surface area contributed by atoms with Gasteiger partial charge in [-0.25, -0.2) is 9.97 Å². The average molecular weight is 352 g/mol. The van der Waals surface area contributed by atoms with Crippen LogP contribution in [0.4, 0.5) is 0 Å². The van der Waals surface area contributed by atoms with Gasteiger partial charge in [-0.2, -0.15) is 0 Å². The first-order valence-corrected chi connectivity index (χ1v) is 8.59. The van der Waals surface area contributed by atoms with Gasteiger partial charge in [0, 0.05) is 36.1 Å². The summed E-state index contributed by atoms with van der Waals surface area (Å²) in [4.78, 5) is 11.2. The first kappa shape index (κ1) is 18.0. The molecule has 0 radical (unpaired) electrons. The maximum atomic E-state index is 5.18. The minimum atomic E-state index is 0.348. The summed E-state index contributed by atoms with van der Waals surface area (Å²) < 4.78 is 7.26. The van der Waals surface area contributed by atoms with Crippen molar-refractivity contribution in [1.82, 2.24) is 29.6 Å². The van der Waals surface area contributed by atoms with E-state index < -0.39 is 0 Å². The van der Waals surface area contributed by atoms with E-state index in [9.17, 15) is 0 Å². The second-order valence-corrected chi connectivity index (χ2v) is 6.56. The SMILES string of the molecule is COc1ccc(-c2ncc(CN(C)Cc3nncn3C(C)C)cn2)cc1. The van der Waals surface area contributed by atoms with Crippen molar-refractivity contribution >= 4 is 0 Å². The number of ether oxygens (including phenoxy) is 1. The minimum absolute atomic E-state index is 0.348. The molecule has 7 heteroatoms. The van der Waals surface area contributed by atoms with Gasteiger partial charge in [0.15, 0.2) is 5.82 Å². The molecule has 0 aliphatic heterocycles. The second-order valence-electron chi connectivity index (χ2n) is 6.56. The van der Waals surface area contributed by atoms with Gasteiger partial charge < -0.3 is 9.30 Å². The van der Waals surface area contributed by atoms with Crippen LogP contribution in [0.25, 0.3) is 11.4 Å². The highest BCUT2D eigenvalue weighted by atomic mass is 16.5. The van der Waals surface area contributed by atoms with Crippen molar-refractivity contribution in [2.75, 3.05) is 14.2 Å². The zero-order chi connectivity index (χ0) is 18.5. The van der Waals surface area contributed by atoms with E-state index in [0.29, 0.717) is 11.9 Å². The lowest BCUT2D eigenvalue weighted by Crippen LogP contribution is -2.21. The van der Waals surface area contributed by atoms with Crippen molar-refractivity contribution in [1.29, 1.82) is 0 Å². The summed E-state index contributed by atoms with van der Waals surface area (Å²) in [5, 5.41) is 8.23. The summed E-state index contributed by atoms with van der Waals surface area (Å²) in [7, 11) is 3.71. The largest absolute Gasteiger partial charge is 0.497 e. The monoisotopic (exact) mass is 352 g/mol. The topological polar surface area (TPSA) is 69.0 Å². The van der Waals surface area contributed by atoms with Crippen LogP contribution in [-0.4, -0.2) is 43.8 Å². The Hall–Kier alpha value is -2.80. The molecule has 0 aliphatic carbocycles. The Balaban J connectivity index is 1.64. The third kappa shape index (κ3) is 4.23. The van der Waals surface area contributed by atoms with Gasteiger partial charge in [0.2, 0.25) is 0 Å². The highest BCUT2D eigenvalue weighted by Gasteiger charge is 2.11. The van der Waals surface area contributed by atoms with Gasteiger partial charge in [-0.3, -0.25) is 4.90 Å². The standard InChI is InChI=1S/C19H24N6O/c1-14(2)25-13-22-23-18(25)12-24(3)11-15-9-20-19(21-10-15)16-5-7-17(26-4)8-6-16/h5-10,13-14H,11-12H2,1-4H3. The number of aromatic nitrogens is 5. The smallest absolute Gasteiger partial charge is 0.159 e. The number of benzene rings is 1. The molecule has 0 atom stereocenters. The van der Waals surface area contributed by atoms with Gasteiger partial charge in [0.1, 0.15) is 17.9 Å². The normalized spacial score (nSPS) is 11.3. The predicted molar refractivity (Wildman–Crippen MR) is 99.6 cm³/mol. The number of methoxy groups -OCH3 is 1. The lowest BCUT2D eigenvalue weighted by atomic mass is 10.2. The molecule has 1 aromatic carbocycles. The third-order valence-electron chi connectivity index (χ3n) is 4.12. The van der Waals surface area contributed by atoms with Crippen LogP contribution in [0.1, 0.15) is 31.3 Å². The molecule has 26 heavy (non-hydrogen) atoms. The van der Waals surface area contributed by atoms with Crippen molar-refractivity contribution in [3.63, 3.8) is 0 Å². The zero-order valence-electron chi connectivity index (χ0n) is 15.6. The molecule has 0 aliphatic rings. The number of nitrogens with zero attached hydrogens (tertiary/aromatic N) is 6. The van der Waals surface area contributed by atoms with Gasteiger partial charge in [-0.1, -0.05) is 0 Å². The fourth-order valence-corrected chi connectivity index (χ4v) is 2.75. The van der Waals surface area contributed by atoms with Gasteiger partial charge in [-0.05, 0) is 45.2 Å². The lowest BCUT2D eigenvalue weighted by Gasteiger charge is -2.17. The van der Waals surface area contributed by atoms with Gasteiger partial charge in [0.05, 0.1) is 13.7 Å². The fourth-order valence-electron chi connectivity index (χ4n) is 2.75. The van der Waals surface area contributed by atoms with Crippen LogP contribution in [0.3, 0.4) is 0 Å². The first-order valence-electron chi connectivity index (χ1n) is 8.59. The lowest BCUT2D eigenvalue weighted by molar-refractivity contribution is 0.301. The van der Waals surface area contributed by atoms with Crippen LogP contribution >= 0.6 is 0 Å². The maximum absolute atomic E-state index is 5.18. The summed E-state index contributed by atoms with van der Waals surface area (Å²) in [5.74, 6) is 2.48. The van der Waals surface area contributed by atoms with Crippen molar-refractivity contribution in [3.8, 4) is 17.1 Å². The van der Waals surface area contributed by atoms with E-state index in [-0.39, 0.29) is 0 Å². The molecule has 0 fully saturated rings. The Morgan fingerprint density at radius 3 is 2.38 bits per heavy atom. The van der Waals surface area contributed by atoms with Crippen molar-refractivity contribution in [2.24, 2.45) is 0 Å². The summed E-state index contributed by atoms with van der Waals surface area (Å²) in [6.07, 6.45) is 5.52. The molecule has 0 unspecified atom stereocenters. The molecule has 2 aromatic heterocycles. The van der Waals surface area contributed by atoms with Crippen LogP contribution in [-0.2, 0) is 13.1 Å². The molecule has 0 bridgehead atoms. The minimum Gasteiger partial charge on any atom is -0.497 e. The van der Waals surface area contributed by atoms with E-state index in [1.807, 2.05) is 36.7 Å².